The topological polar surface area (TPSA) is 41.5 Å². The number of piperidine rings is 1. The van der Waals surface area contributed by atoms with E-state index in [1.165, 1.54) is 6.42 Å². The quantitative estimate of drug-likeness (QED) is 0.872. The van der Waals surface area contributed by atoms with Gasteiger partial charge in [0.1, 0.15) is 5.75 Å². The first-order valence-corrected chi connectivity index (χ1v) is 6.35. The van der Waals surface area contributed by atoms with E-state index in [0.29, 0.717) is 10.8 Å². The second kappa shape index (κ2) is 5.71. The molecule has 1 heterocycles. The smallest absolute Gasteiger partial charge is 0.124 e. The van der Waals surface area contributed by atoms with Crippen LogP contribution in [0.5, 0.6) is 5.75 Å². The number of aliphatic hydroxyl groups excluding tert-OH is 1. The standard InChI is InChI=1S/C13H18ClNO2/c1-17-12-6-5-9(14)8-10(12)13(16)11-4-2-3-7-15-11/h5-6,8,11,13,15-16H,2-4,7H2,1H3. The van der Waals surface area contributed by atoms with Gasteiger partial charge in [0.05, 0.1) is 13.2 Å². The van der Waals surface area contributed by atoms with Gasteiger partial charge >= 0.3 is 0 Å². The maximum Gasteiger partial charge on any atom is 0.124 e. The van der Waals surface area contributed by atoms with Crippen molar-refractivity contribution in [1.82, 2.24) is 5.32 Å². The lowest BCUT2D eigenvalue weighted by molar-refractivity contribution is 0.111. The SMILES string of the molecule is COc1ccc(Cl)cc1C(O)C1CCCCN1. The zero-order valence-electron chi connectivity index (χ0n) is 9.95. The number of ether oxygens (including phenoxy) is 1. The van der Waals surface area contributed by atoms with Crippen LogP contribution in [0.4, 0.5) is 0 Å². The monoisotopic (exact) mass is 255 g/mol. The Hall–Kier alpha value is -0.770. The highest BCUT2D eigenvalue weighted by Gasteiger charge is 2.25. The third-order valence-electron chi connectivity index (χ3n) is 3.24. The van der Waals surface area contributed by atoms with E-state index in [2.05, 4.69) is 5.32 Å². The van der Waals surface area contributed by atoms with Crippen LogP contribution >= 0.6 is 11.6 Å². The van der Waals surface area contributed by atoms with E-state index in [1.54, 1.807) is 25.3 Å². The summed E-state index contributed by atoms with van der Waals surface area (Å²) in [6.45, 7) is 0.963. The molecule has 1 aliphatic rings. The number of methoxy groups -OCH3 is 1. The van der Waals surface area contributed by atoms with E-state index in [9.17, 15) is 5.11 Å². The van der Waals surface area contributed by atoms with Gasteiger partial charge in [0.15, 0.2) is 0 Å². The van der Waals surface area contributed by atoms with Crippen LogP contribution in [0.1, 0.15) is 30.9 Å². The van der Waals surface area contributed by atoms with Gasteiger partial charge in [-0.3, -0.25) is 0 Å². The van der Waals surface area contributed by atoms with Gasteiger partial charge in [-0.05, 0) is 37.6 Å². The normalized spacial score (nSPS) is 22.2. The van der Waals surface area contributed by atoms with Crippen molar-refractivity contribution in [2.75, 3.05) is 13.7 Å². The Labute approximate surface area is 107 Å². The molecule has 0 amide bonds. The molecule has 2 unspecified atom stereocenters. The fourth-order valence-electron chi connectivity index (χ4n) is 2.30. The molecule has 1 fully saturated rings. The summed E-state index contributed by atoms with van der Waals surface area (Å²) in [6.07, 6.45) is 2.74. The molecule has 17 heavy (non-hydrogen) atoms. The van der Waals surface area contributed by atoms with Crippen molar-refractivity contribution in [3.8, 4) is 5.75 Å². The zero-order valence-corrected chi connectivity index (χ0v) is 10.7. The third-order valence-corrected chi connectivity index (χ3v) is 3.48. The van der Waals surface area contributed by atoms with Crippen molar-refractivity contribution in [2.45, 2.75) is 31.4 Å². The molecule has 0 saturated carbocycles. The average molecular weight is 256 g/mol. The molecule has 4 heteroatoms. The van der Waals surface area contributed by atoms with Crippen LogP contribution in [0.25, 0.3) is 0 Å². The van der Waals surface area contributed by atoms with E-state index in [0.717, 1.165) is 24.9 Å². The number of hydrogen-bond acceptors (Lipinski definition) is 3. The lowest BCUT2D eigenvalue weighted by Crippen LogP contribution is -2.38. The predicted molar refractivity (Wildman–Crippen MR) is 68.6 cm³/mol. The second-order valence-corrected chi connectivity index (χ2v) is 4.82. The summed E-state index contributed by atoms with van der Waals surface area (Å²) >= 11 is 5.97. The number of aliphatic hydroxyl groups is 1. The van der Waals surface area contributed by atoms with Crippen molar-refractivity contribution in [2.24, 2.45) is 0 Å². The fraction of sp³-hybridized carbons (Fsp3) is 0.538. The van der Waals surface area contributed by atoms with Crippen LogP contribution in [0.3, 0.4) is 0 Å². The number of hydrogen-bond donors (Lipinski definition) is 2. The van der Waals surface area contributed by atoms with Gasteiger partial charge in [-0.15, -0.1) is 0 Å². The summed E-state index contributed by atoms with van der Waals surface area (Å²) in [7, 11) is 1.60. The van der Waals surface area contributed by atoms with E-state index >= 15 is 0 Å². The molecule has 0 aromatic heterocycles. The van der Waals surface area contributed by atoms with Gasteiger partial charge in [0, 0.05) is 16.6 Å². The Morgan fingerprint density at radius 2 is 2.29 bits per heavy atom. The van der Waals surface area contributed by atoms with Crippen LogP contribution < -0.4 is 10.1 Å². The van der Waals surface area contributed by atoms with E-state index in [1.807, 2.05) is 0 Å². The minimum absolute atomic E-state index is 0.0936. The number of nitrogens with one attached hydrogen (secondary N) is 1. The molecule has 1 saturated heterocycles. The highest BCUT2D eigenvalue weighted by atomic mass is 35.5. The molecular weight excluding hydrogens is 238 g/mol. The molecule has 0 aliphatic carbocycles. The first-order chi connectivity index (χ1) is 8.22. The Morgan fingerprint density at radius 1 is 1.47 bits per heavy atom. The Kier molecular flexibility index (Phi) is 4.26. The van der Waals surface area contributed by atoms with Gasteiger partial charge in [0.25, 0.3) is 0 Å². The number of benzene rings is 1. The van der Waals surface area contributed by atoms with Crippen molar-refractivity contribution in [3.05, 3.63) is 28.8 Å². The molecular formula is C13H18ClNO2. The van der Waals surface area contributed by atoms with Crippen molar-refractivity contribution in [3.63, 3.8) is 0 Å². The molecule has 2 rings (SSSR count). The molecule has 3 nitrogen and oxygen atoms in total. The van der Waals surface area contributed by atoms with Gasteiger partial charge in [-0.25, -0.2) is 0 Å². The number of halogens is 1. The maximum atomic E-state index is 10.4. The molecule has 1 aromatic carbocycles. The lowest BCUT2D eigenvalue weighted by Gasteiger charge is -2.29. The predicted octanol–water partition coefficient (Wildman–Crippen LogP) is 2.52. The lowest BCUT2D eigenvalue weighted by atomic mass is 9.94. The van der Waals surface area contributed by atoms with E-state index in [4.69, 9.17) is 16.3 Å². The molecule has 1 aromatic rings. The van der Waals surface area contributed by atoms with Crippen LogP contribution in [0.15, 0.2) is 18.2 Å². The van der Waals surface area contributed by atoms with Crippen LogP contribution in [0, 0.1) is 0 Å². The van der Waals surface area contributed by atoms with Crippen molar-refractivity contribution >= 4 is 11.6 Å². The Balaban J connectivity index is 2.21. The van der Waals surface area contributed by atoms with Crippen LogP contribution in [0.2, 0.25) is 5.02 Å². The Morgan fingerprint density at radius 3 is 2.94 bits per heavy atom. The van der Waals surface area contributed by atoms with E-state index < -0.39 is 6.10 Å². The first kappa shape index (κ1) is 12.7. The summed E-state index contributed by atoms with van der Waals surface area (Å²) in [5.74, 6) is 0.689. The molecule has 94 valence electrons. The van der Waals surface area contributed by atoms with Crippen molar-refractivity contribution < 1.29 is 9.84 Å². The minimum atomic E-state index is -0.566. The van der Waals surface area contributed by atoms with Gasteiger partial charge in [-0.1, -0.05) is 18.0 Å². The summed E-state index contributed by atoms with van der Waals surface area (Å²) in [5, 5.41) is 14.3. The van der Waals surface area contributed by atoms with Gasteiger partial charge < -0.3 is 15.2 Å². The molecule has 0 bridgehead atoms. The van der Waals surface area contributed by atoms with Gasteiger partial charge in [0.2, 0.25) is 0 Å². The summed E-state index contributed by atoms with van der Waals surface area (Å²) in [6, 6.07) is 5.44. The van der Waals surface area contributed by atoms with E-state index in [-0.39, 0.29) is 6.04 Å². The second-order valence-electron chi connectivity index (χ2n) is 4.39. The highest BCUT2D eigenvalue weighted by Crippen LogP contribution is 2.32. The van der Waals surface area contributed by atoms with Crippen LogP contribution in [-0.2, 0) is 0 Å². The largest absolute Gasteiger partial charge is 0.496 e. The average Bonchev–Trinajstić information content (AvgIpc) is 2.39. The fourth-order valence-corrected chi connectivity index (χ4v) is 2.48. The third kappa shape index (κ3) is 2.92. The molecule has 0 radical (unpaired) electrons. The zero-order chi connectivity index (χ0) is 12.3. The maximum absolute atomic E-state index is 10.4. The first-order valence-electron chi connectivity index (χ1n) is 5.97. The van der Waals surface area contributed by atoms with Crippen molar-refractivity contribution in [1.29, 1.82) is 0 Å². The van der Waals surface area contributed by atoms with Crippen LogP contribution in [-0.4, -0.2) is 24.8 Å². The number of rotatable bonds is 3. The summed E-state index contributed by atoms with van der Waals surface area (Å²) in [5.41, 5.74) is 0.763. The molecule has 2 N–H and O–H groups in total. The van der Waals surface area contributed by atoms with Gasteiger partial charge in [-0.2, -0.15) is 0 Å². The summed E-state index contributed by atoms with van der Waals surface area (Å²) < 4.78 is 5.27. The molecule has 0 spiro atoms. The molecule has 1 aliphatic heterocycles. The highest BCUT2D eigenvalue weighted by molar-refractivity contribution is 6.30. The summed E-state index contributed by atoms with van der Waals surface area (Å²) in [4.78, 5) is 0. The Bertz CT molecular complexity index is 378. The minimum Gasteiger partial charge on any atom is -0.496 e. The molecule has 2 atom stereocenters.